The lowest BCUT2D eigenvalue weighted by Gasteiger charge is -2.33. The molecule has 1 aromatic rings. The lowest BCUT2D eigenvalue weighted by Crippen LogP contribution is -2.41. The van der Waals surface area contributed by atoms with Crippen molar-refractivity contribution in [2.24, 2.45) is 23.4 Å². The molecule has 7 nitrogen and oxygen atoms in total. The number of amides is 1. The first-order valence-corrected chi connectivity index (χ1v) is 11.0. The number of piperidine rings is 1. The molecule has 2 saturated heterocycles. The Morgan fingerprint density at radius 3 is 2.47 bits per heavy atom. The van der Waals surface area contributed by atoms with Gasteiger partial charge in [-0.25, -0.2) is 5.84 Å². The van der Waals surface area contributed by atoms with Crippen LogP contribution in [0, 0.1) is 11.8 Å². The second kappa shape index (κ2) is 9.18. The van der Waals surface area contributed by atoms with Crippen LogP contribution in [0.2, 0.25) is 0 Å². The molecule has 3 aliphatic rings. The predicted molar refractivity (Wildman–Crippen MR) is 114 cm³/mol. The quantitative estimate of drug-likeness (QED) is 0.719. The Morgan fingerprint density at radius 1 is 1.07 bits per heavy atom. The minimum atomic E-state index is -0.184. The molecule has 3 heterocycles. The van der Waals surface area contributed by atoms with Crippen molar-refractivity contribution in [3.63, 3.8) is 0 Å². The van der Waals surface area contributed by atoms with Gasteiger partial charge in [0.25, 0.3) is 0 Å². The van der Waals surface area contributed by atoms with Crippen LogP contribution in [0.1, 0.15) is 55.7 Å². The minimum absolute atomic E-state index is 0.0106. The summed E-state index contributed by atoms with van der Waals surface area (Å²) in [6, 6.07) is 7.73. The molecule has 3 aliphatic heterocycles. The average Bonchev–Trinajstić information content (AvgIpc) is 3.05. The Labute approximate surface area is 178 Å². The highest BCUT2D eigenvalue weighted by molar-refractivity contribution is 5.84. The normalized spacial score (nSPS) is 24.3. The van der Waals surface area contributed by atoms with E-state index in [4.69, 9.17) is 16.3 Å². The number of fused-ring (bicyclic) bond motifs is 1. The van der Waals surface area contributed by atoms with E-state index in [1.165, 1.54) is 6.20 Å². The number of nitrogens with two attached hydrogens (primary N) is 2. The van der Waals surface area contributed by atoms with Crippen molar-refractivity contribution < 1.29 is 14.3 Å². The third-order valence-electron chi connectivity index (χ3n) is 6.87. The van der Waals surface area contributed by atoms with Gasteiger partial charge >= 0.3 is 0 Å². The van der Waals surface area contributed by atoms with Crippen molar-refractivity contribution in [2.45, 2.75) is 44.6 Å². The maximum absolute atomic E-state index is 13.0. The van der Waals surface area contributed by atoms with Crippen LogP contribution < -0.4 is 11.6 Å². The van der Waals surface area contributed by atoms with Crippen molar-refractivity contribution in [1.29, 1.82) is 0 Å². The molecule has 0 spiro atoms. The van der Waals surface area contributed by atoms with Crippen molar-refractivity contribution in [1.82, 2.24) is 9.91 Å². The van der Waals surface area contributed by atoms with Crippen LogP contribution in [-0.2, 0) is 14.3 Å². The summed E-state index contributed by atoms with van der Waals surface area (Å²) in [4.78, 5) is 27.6. The number of nitrogens with zero attached hydrogens (tertiary/aromatic N) is 2. The molecule has 0 radical (unpaired) electrons. The second-order valence-corrected chi connectivity index (χ2v) is 8.65. The average molecular weight is 413 g/mol. The maximum atomic E-state index is 13.0. The second-order valence-electron chi connectivity index (χ2n) is 8.65. The number of ether oxygens (including phenoxy) is 1. The first-order valence-electron chi connectivity index (χ1n) is 11.0. The Hall–Kier alpha value is -2.38. The van der Waals surface area contributed by atoms with Gasteiger partial charge < -0.3 is 20.4 Å². The molecule has 7 heteroatoms. The molecular formula is C23H32N4O3. The van der Waals surface area contributed by atoms with E-state index in [2.05, 4.69) is 0 Å². The third kappa shape index (κ3) is 4.23. The van der Waals surface area contributed by atoms with Crippen molar-refractivity contribution >= 4 is 17.4 Å². The number of benzene rings is 1. The van der Waals surface area contributed by atoms with Gasteiger partial charge in [0.2, 0.25) is 5.91 Å². The summed E-state index contributed by atoms with van der Waals surface area (Å²) in [5.74, 6) is 7.16. The number of rotatable bonds is 5. The van der Waals surface area contributed by atoms with Gasteiger partial charge in [0, 0.05) is 56.8 Å². The van der Waals surface area contributed by atoms with Gasteiger partial charge in [-0.2, -0.15) is 0 Å². The van der Waals surface area contributed by atoms with Gasteiger partial charge in [-0.1, -0.05) is 24.3 Å². The smallest absolute Gasteiger partial charge is 0.222 e. The largest absolute Gasteiger partial charge is 0.403 e. The number of hydrogen-bond acceptors (Lipinski definition) is 6. The molecule has 2 fully saturated rings. The van der Waals surface area contributed by atoms with E-state index in [-0.39, 0.29) is 23.7 Å². The number of carbonyl (C=O) groups is 2. The third-order valence-corrected chi connectivity index (χ3v) is 6.87. The highest BCUT2D eigenvalue weighted by Crippen LogP contribution is 2.41. The SMILES string of the molecule is N/C=C1/c2ccccc2C(CC(=O)C2CCN(C(=O)CC3CCOCC3)CC2)N1N. The Kier molecular flexibility index (Phi) is 6.39. The van der Waals surface area contributed by atoms with Crippen LogP contribution in [0.3, 0.4) is 0 Å². The summed E-state index contributed by atoms with van der Waals surface area (Å²) in [7, 11) is 0. The fourth-order valence-corrected chi connectivity index (χ4v) is 5.00. The van der Waals surface area contributed by atoms with Crippen molar-refractivity contribution in [3.05, 3.63) is 41.6 Å². The fraction of sp³-hybridized carbons (Fsp3) is 0.565. The fourth-order valence-electron chi connectivity index (χ4n) is 5.00. The highest BCUT2D eigenvalue weighted by atomic mass is 16.5. The van der Waals surface area contributed by atoms with Gasteiger partial charge in [-0.05, 0) is 37.2 Å². The number of Topliss-reactive ketones (excluding diaryl/α,β-unsaturated/α-hetero) is 1. The molecule has 4 N–H and O–H groups in total. The number of carbonyl (C=O) groups excluding carboxylic acids is 2. The van der Waals surface area contributed by atoms with Crippen LogP contribution >= 0.6 is 0 Å². The molecule has 0 aliphatic carbocycles. The van der Waals surface area contributed by atoms with E-state index in [0.29, 0.717) is 31.8 Å². The summed E-state index contributed by atoms with van der Waals surface area (Å²) in [5, 5.41) is 1.62. The standard InChI is InChI=1S/C23H32N4O3/c24-15-21-19-4-2-1-3-18(19)20(27(21)25)14-22(28)17-5-9-26(10-6-17)23(29)13-16-7-11-30-12-8-16/h1-4,15-17,20H,5-14,24-25H2/b21-15-. The zero-order valence-electron chi connectivity index (χ0n) is 17.5. The first-order chi connectivity index (χ1) is 14.6. The van der Waals surface area contributed by atoms with Crippen LogP contribution in [0.5, 0.6) is 0 Å². The lowest BCUT2D eigenvalue weighted by molar-refractivity contribution is -0.136. The van der Waals surface area contributed by atoms with E-state index in [9.17, 15) is 9.59 Å². The van der Waals surface area contributed by atoms with Gasteiger partial charge in [-0.15, -0.1) is 0 Å². The maximum Gasteiger partial charge on any atom is 0.222 e. The molecule has 162 valence electrons. The van der Waals surface area contributed by atoms with E-state index in [1.807, 2.05) is 29.2 Å². The molecular weight excluding hydrogens is 380 g/mol. The zero-order chi connectivity index (χ0) is 21.1. The summed E-state index contributed by atoms with van der Waals surface area (Å²) < 4.78 is 5.38. The molecule has 30 heavy (non-hydrogen) atoms. The van der Waals surface area contributed by atoms with Gasteiger partial charge in [0.1, 0.15) is 5.78 Å². The highest BCUT2D eigenvalue weighted by Gasteiger charge is 2.36. The number of likely N-dealkylation sites (tertiary alicyclic amines) is 1. The van der Waals surface area contributed by atoms with E-state index >= 15 is 0 Å². The molecule has 0 saturated carbocycles. The monoisotopic (exact) mass is 412 g/mol. The van der Waals surface area contributed by atoms with E-state index < -0.39 is 0 Å². The zero-order valence-corrected chi connectivity index (χ0v) is 17.5. The van der Waals surface area contributed by atoms with E-state index in [1.54, 1.807) is 5.01 Å². The minimum Gasteiger partial charge on any atom is -0.403 e. The summed E-state index contributed by atoms with van der Waals surface area (Å²) in [6.45, 7) is 2.86. The van der Waals surface area contributed by atoms with Gasteiger partial charge in [0.05, 0.1) is 11.7 Å². The van der Waals surface area contributed by atoms with Crippen LogP contribution in [0.25, 0.3) is 5.70 Å². The summed E-state index contributed by atoms with van der Waals surface area (Å²) in [6.07, 6.45) is 5.89. The topological polar surface area (TPSA) is 102 Å². The summed E-state index contributed by atoms with van der Waals surface area (Å²) >= 11 is 0. The van der Waals surface area contributed by atoms with Gasteiger partial charge in [0.15, 0.2) is 0 Å². The number of hydrazine groups is 1. The van der Waals surface area contributed by atoms with Gasteiger partial charge in [-0.3, -0.25) is 9.59 Å². The van der Waals surface area contributed by atoms with E-state index in [0.717, 1.165) is 55.7 Å². The molecule has 1 amide bonds. The number of ketones is 1. The Balaban J connectivity index is 1.31. The molecule has 1 unspecified atom stereocenters. The molecule has 0 bridgehead atoms. The van der Waals surface area contributed by atoms with Crippen LogP contribution in [-0.4, -0.2) is 47.9 Å². The van der Waals surface area contributed by atoms with Crippen molar-refractivity contribution in [2.75, 3.05) is 26.3 Å². The first kappa shape index (κ1) is 20.9. The molecule has 0 aromatic heterocycles. The number of hydrogen-bond donors (Lipinski definition) is 2. The molecule has 1 atom stereocenters. The lowest BCUT2D eigenvalue weighted by atomic mass is 9.87. The van der Waals surface area contributed by atoms with Crippen molar-refractivity contribution in [3.8, 4) is 0 Å². The Bertz CT molecular complexity index is 810. The Morgan fingerprint density at radius 2 is 1.77 bits per heavy atom. The van der Waals surface area contributed by atoms with Crippen LogP contribution in [0.15, 0.2) is 30.5 Å². The predicted octanol–water partition coefficient (Wildman–Crippen LogP) is 2.19. The molecule has 4 rings (SSSR count). The summed E-state index contributed by atoms with van der Waals surface area (Å²) in [5.41, 5.74) is 8.58. The molecule has 1 aromatic carbocycles. The van der Waals surface area contributed by atoms with Crippen LogP contribution in [0.4, 0.5) is 0 Å².